The van der Waals surface area contributed by atoms with Gasteiger partial charge in [0.05, 0.1) is 5.69 Å². The molecule has 1 fully saturated rings. The molecule has 1 aliphatic carbocycles. The summed E-state index contributed by atoms with van der Waals surface area (Å²) in [7, 11) is 0. The third kappa shape index (κ3) is 1.86. The zero-order valence-electron chi connectivity index (χ0n) is 7.52. The molecule has 1 saturated carbocycles. The van der Waals surface area contributed by atoms with Gasteiger partial charge in [0.1, 0.15) is 4.47 Å². The van der Waals surface area contributed by atoms with Gasteiger partial charge in [-0.2, -0.15) is 0 Å². The van der Waals surface area contributed by atoms with E-state index < -0.39 is 0 Å². The summed E-state index contributed by atoms with van der Waals surface area (Å²) >= 11 is 8.97. The molecule has 0 unspecified atom stereocenters. The van der Waals surface area contributed by atoms with Gasteiger partial charge < -0.3 is 0 Å². The van der Waals surface area contributed by atoms with Crippen molar-refractivity contribution in [3.05, 3.63) is 25.8 Å². The average Bonchev–Trinajstić information content (AvgIpc) is 2.63. The van der Waals surface area contributed by atoms with Crippen LogP contribution in [0.3, 0.4) is 0 Å². The molecule has 1 aromatic rings. The summed E-state index contributed by atoms with van der Waals surface area (Å²) in [6, 6.07) is 0. The molecule has 0 saturated heterocycles. The average molecular weight is 278 g/mol. The normalized spacial score (nSPS) is 17.6. The minimum absolute atomic E-state index is 0.181. The van der Waals surface area contributed by atoms with Gasteiger partial charge >= 0.3 is 0 Å². The molecule has 0 aliphatic heterocycles. The molecular weight excluding hydrogens is 267 g/mol. The molecular formula is C9H10BrClN2O. The number of H-pyrrole nitrogens is 1. The van der Waals surface area contributed by atoms with Crippen molar-refractivity contribution in [2.75, 3.05) is 0 Å². The van der Waals surface area contributed by atoms with Crippen molar-refractivity contribution < 1.29 is 0 Å². The van der Waals surface area contributed by atoms with E-state index in [1.165, 1.54) is 12.8 Å². The van der Waals surface area contributed by atoms with E-state index in [0.29, 0.717) is 10.4 Å². The second kappa shape index (κ2) is 4.03. The fourth-order valence-electron chi connectivity index (χ4n) is 1.92. The van der Waals surface area contributed by atoms with Crippen LogP contribution in [0.4, 0.5) is 0 Å². The SMILES string of the molecule is O=c1[nH]c(Cl)nc(C2CCCC2)c1Br. The Labute approximate surface area is 95.0 Å². The smallest absolute Gasteiger partial charge is 0.266 e. The maximum atomic E-state index is 11.4. The number of aromatic amines is 1. The Morgan fingerprint density at radius 3 is 2.71 bits per heavy atom. The highest BCUT2D eigenvalue weighted by Crippen LogP contribution is 2.35. The largest absolute Gasteiger partial charge is 0.296 e. The van der Waals surface area contributed by atoms with Crippen LogP contribution in [0, 0.1) is 0 Å². The summed E-state index contributed by atoms with van der Waals surface area (Å²) in [5.74, 6) is 0.393. The second-order valence-corrected chi connectivity index (χ2v) is 4.69. The first-order valence-corrected chi connectivity index (χ1v) is 5.81. The molecule has 5 heteroatoms. The Balaban J connectivity index is 2.45. The number of rotatable bonds is 1. The first-order valence-electron chi connectivity index (χ1n) is 4.63. The van der Waals surface area contributed by atoms with E-state index in [-0.39, 0.29) is 10.8 Å². The van der Waals surface area contributed by atoms with E-state index in [1.807, 2.05) is 0 Å². The molecule has 3 nitrogen and oxygen atoms in total. The highest BCUT2D eigenvalue weighted by molar-refractivity contribution is 9.10. The van der Waals surface area contributed by atoms with Gasteiger partial charge in [-0.15, -0.1) is 0 Å². The summed E-state index contributed by atoms with van der Waals surface area (Å²) in [4.78, 5) is 18.0. The number of hydrogen-bond acceptors (Lipinski definition) is 2. The van der Waals surface area contributed by atoms with Crippen molar-refractivity contribution in [3.63, 3.8) is 0 Å². The van der Waals surface area contributed by atoms with E-state index in [2.05, 4.69) is 25.9 Å². The molecule has 0 atom stereocenters. The second-order valence-electron chi connectivity index (χ2n) is 3.54. The molecule has 2 rings (SSSR count). The molecule has 0 bridgehead atoms. The Morgan fingerprint density at radius 1 is 1.43 bits per heavy atom. The van der Waals surface area contributed by atoms with Crippen molar-refractivity contribution in [2.24, 2.45) is 0 Å². The van der Waals surface area contributed by atoms with E-state index in [4.69, 9.17) is 11.6 Å². The first kappa shape index (κ1) is 10.2. The predicted octanol–water partition coefficient (Wildman–Crippen LogP) is 2.84. The molecule has 14 heavy (non-hydrogen) atoms. The van der Waals surface area contributed by atoms with Gasteiger partial charge in [0.2, 0.25) is 5.28 Å². The monoisotopic (exact) mass is 276 g/mol. The van der Waals surface area contributed by atoms with Crippen LogP contribution in [0.1, 0.15) is 37.3 Å². The lowest BCUT2D eigenvalue weighted by Gasteiger charge is -2.09. The van der Waals surface area contributed by atoms with Gasteiger partial charge in [-0.25, -0.2) is 4.98 Å². The van der Waals surface area contributed by atoms with Crippen LogP contribution in [0.2, 0.25) is 5.28 Å². The van der Waals surface area contributed by atoms with E-state index in [0.717, 1.165) is 18.5 Å². The Kier molecular flexibility index (Phi) is 2.93. The number of halogens is 2. The van der Waals surface area contributed by atoms with Crippen LogP contribution in [0.5, 0.6) is 0 Å². The minimum Gasteiger partial charge on any atom is -0.296 e. The van der Waals surface area contributed by atoms with E-state index >= 15 is 0 Å². The number of nitrogens with one attached hydrogen (secondary N) is 1. The molecule has 0 amide bonds. The van der Waals surface area contributed by atoms with Gasteiger partial charge in [-0.3, -0.25) is 9.78 Å². The summed E-state index contributed by atoms with van der Waals surface area (Å²) in [6.07, 6.45) is 4.63. The van der Waals surface area contributed by atoms with Gasteiger partial charge in [0, 0.05) is 5.92 Å². The zero-order valence-corrected chi connectivity index (χ0v) is 9.86. The standard InChI is InChI=1S/C9H10BrClN2O/c10-6-7(5-3-1-2-4-5)12-9(11)13-8(6)14/h5H,1-4H2,(H,12,13,14). The van der Waals surface area contributed by atoms with E-state index in [9.17, 15) is 4.79 Å². The quantitative estimate of drug-likeness (QED) is 0.802. The molecule has 0 radical (unpaired) electrons. The van der Waals surface area contributed by atoms with Crippen molar-refractivity contribution in [2.45, 2.75) is 31.6 Å². The van der Waals surface area contributed by atoms with Crippen molar-refractivity contribution in [3.8, 4) is 0 Å². The lowest BCUT2D eigenvalue weighted by atomic mass is 10.0. The summed E-state index contributed by atoms with van der Waals surface area (Å²) in [5.41, 5.74) is 0.628. The van der Waals surface area contributed by atoms with Crippen LogP contribution in [-0.2, 0) is 0 Å². The molecule has 1 heterocycles. The number of hydrogen-bond donors (Lipinski definition) is 1. The van der Waals surface area contributed by atoms with Crippen LogP contribution >= 0.6 is 27.5 Å². The molecule has 76 valence electrons. The molecule has 1 aliphatic rings. The molecule has 1 N–H and O–H groups in total. The first-order chi connectivity index (χ1) is 6.68. The topological polar surface area (TPSA) is 45.8 Å². The third-order valence-corrected chi connectivity index (χ3v) is 3.55. The fraction of sp³-hybridized carbons (Fsp3) is 0.556. The van der Waals surface area contributed by atoms with Gasteiger partial charge in [0.15, 0.2) is 0 Å². The molecule has 0 spiro atoms. The summed E-state index contributed by atoms with van der Waals surface area (Å²) in [5, 5.41) is 0.181. The van der Waals surface area contributed by atoms with Gasteiger partial charge in [0.25, 0.3) is 5.56 Å². The lowest BCUT2D eigenvalue weighted by Crippen LogP contribution is -2.13. The highest BCUT2D eigenvalue weighted by Gasteiger charge is 2.22. The van der Waals surface area contributed by atoms with Crippen LogP contribution in [-0.4, -0.2) is 9.97 Å². The van der Waals surface area contributed by atoms with Gasteiger partial charge in [-0.05, 0) is 40.4 Å². The number of nitrogens with zero attached hydrogens (tertiary/aromatic N) is 1. The lowest BCUT2D eigenvalue weighted by molar-refractivity contribution is 0.687. The predicted molar refractivity (Wildman–Crippen MR) is 58.8 cm³/mol. The maximum absolute atomic E-state index is 11.4. The highest BCUT2D eigenvalue weighted by atomic mass is 79.9. The Bertz CT molecular complexity index is 398. The molecule has 1 aromatic heterocycles. The summed E-state index contributed by atoms with van der Waals surface area (Å²) < 4.78 is 0.536. The minimum atomic E-state index is -0.188. The zero-order chi connectivity index (χ0) is 10.1. The van der Waals surface area contributed by atoms with Gasteiger partial charge in [-0.1, -0.05) is 12.8 Å². The maximum Gasteiger partial charge on any atom is 0.266 e. The molecule has 0 aromatic carbocycles. The van der Waals surface area contributed by atoms with Crippen molar-refractivity contribution in [1.82, 2.24) is 9.97 Å². The Morgan fingerprint density at radius 2 is 2.07 bits per heavy atom. The number of aromatic nitrogens is 2. The van der Waals surface area contributed by atoms with Crippen molar-refractivity contribution in [1.29, 1.82) is 0 Å². The third-order valence-electron chi connectivity index (χ3n) is 2.60. The van der Waals surface area contributed by atoms with Crippen molar-refractivity contribution >= 4 is 27.5 Å². The fourth-order valence-corrected chi connectivity index (χ4v) is 2.61. The van der Waals surface area contributed by atoms with Crippen LogP contribution < -0.4 is 5.56 Å². The van der Waals surface area contributed by atoms with Crippen LogP contribution in [0.25, 0.3) is 0 Å². The Hall–Kier alpha value is -0.350. The summed E-state index contributed by atoms with van der Waals surface area (Å²) in [6.45, 7) is 0. The van der Waals surface area contributed by atoms with Crippen LogP contribution in [0.15, 0.2) is 9.27 Å². The van der Waals surface area contributed by atoms with E-state index in [1.54, 1.807) is 0 Å².